The van der Waals surface area contributed by atoms with E-state index in [1.807, 2.05) is 0 Å². The van der Waals surface area contributed by atoms with Gasteiger partial charge in [0.15, 0.2) is 6.10 Å². The van der Waals surface area contributed by atoms with Gasteiger partial charge in [0.05, 0.1) is 7.11 Å². The predicted molar refractivity (Wildman–Crippen MR) is 91.6 cm³/mol. The van der Waals surface area contributed by atoms with Gasteiger partial charge in [-0.05, 0) is 55.5 Å². The van der Waals surface area contributed by atoms with E-state index in [1.54, 1.807) is 24.3 Å². The average molecular weight is 359 g/mol. The number of ether oxygens (including phenoxy) is 2. The van der Waals surface area contributed by atoms with Crippen molar-refractivity contribution in [3.63, 3.8) is 0 Å². The first kappa shape index (κ1) is 19.1. The fourth-order valence-corrected chi connectivity index (χ4v) is 2.14. The third kappa shape index (κ3) is 5.14. The number of halogens is 1. The highest BCUT2D eigenvalue weighted by Crippen LogP contribution is 2.11. The number of carbonyl (C=O) groups is 3. The number of hydrogen-bond acceptors (Lipinski definition) is 5. The lowest BCUT2D eigenvalue weighted by Gasteiger charge is -2.13. The molecule has 1 N–H and O–H groups in total. The quantitative estimate of drug-likeness (QED) is 0.606. The number of nitrogens with one attached hydrogen (secondary N) is 1. The fraction of sp³-hybridized carbons (Fsp3) is 0.211. The minimum Gasteiger partial charge on any atom is -0.497 e. The second-order valence-corrected chi connectivity index (χ2v) is 5.41. The third-order valence-corrected chi connectivity index (χ3v) is 3.55. The molecule has 6 nitrogen and oxygen atoms in total. The minimum atomic E-state index is -1.05. The number of Topliss-reactive ketones (excluding diaryl/α,β-unsaturated/α-hetero) is 1. The van der Waals surface area contributed by atoms with Crippen molar-refractivity contribution in [3.05, 3.63) is 65.5 Å². The molecular weight excluding hydrogens is 341 g/mol. The zero-order valence-corrected chi connectivity index (χ0v) is 14.3. The lowest BCUT2D eigenvalue weighted by Crippen LogP contribution is -2.34. The zero-order chi connectivity index (χ0) is 19.1. The van der Waals surface area contributed by atoms with E-state index in [-0.39, 0.29) is 12.1 Å². The standard InChI is InChI=1S/C19H18FNO5/c1-12(18(23)13-3-7-15(20)8-4-13)26-17(22)11-21-19(24)14-5-9-16(25-2)10-6-14/h3-10,12H,11H2,1-2H3,(H,21,24)/t12-/m0/s1. The Morgan fingerprint density at radius 1 is 1.00 bits per heavy atom. The van der Waals surface area contributed by atoms with E-state index in [4.69, 9.17) is 9.47 Å². The molecule has 0 saturated heterocycles. The molecule has 0 aliphatic heterocycles. The van der Waals surface area contributed by atoms with E-state index in [2.05, 4.69) is 5.32 Å². The number of ketones is 1. The van der Waals surface area contributed by atoms with Crippen LogP contribution in [0.5, 0.6) is 5.75 Å². The van der Waals surface area contributed by atoms with Gasteiger partial charge in [-0.25, -0.2) is 4.39 Å². The topological polar surface area (TPSA) is 81.7 Å². The monoisotopic (exact) mass is 359 g/mol. The molecule has 1 amide bonds. The van der Waals surface area contributed by atoms with Crippen molar-refractivity contribution in [2.24, 2.45) is 0 Å². The Bertz CT molecular complexity index is 787. The van der Waals surface area contributed by atoms with Crippen LogP contribution in [0, 0.1) is 5.82 Å². The van der Waals surface area contributed by atoms with Crippen LogP contribution in [0.15, 0.2) is 48.5 Å². The molecule has 0 saturated carbocycles. The normalized spacial score (nSPS) is 11.3. The number of amides is 1. The van der Waals surface area contributed by atoms with Crippen LogP contribution in [0.25, 0.3) is 0 Å². The summed E-state index contributed by atoms with van der Waals surface area (Å²) in [6, 6.07) is 11.3. The van der Waals surface area contributed by atoms with Crippen LogP contribution in [-0.4, -0.2) is 37.4 Å². The van der Waals surface area contributed by atoms with Gasteiger partial charge in [-0.1, -0.05) is 0 Å². The molecule has 0 heterocycles. The molecule has 0 unspecified atom stereocenters. The van der Waals surface area contributed by atoms with E-state index in [9.17, 15) is 18.8 Å². The third-order valence-electron chi connectivity index (χ3n) is 3.55. The van der Waals surface area contributed by atoms with Crippen molar-refractivity contribution in [2.75, 3.05) is 13.7 Å². The minimum absolute atomic E-state index is 0.231. The highest BCUT2D eigenvalue weighted by atomic mass is 19.1. The maximum Gasteiger partial charge on any atom is 0.326 e. The fourth-order valence-electron chi connectivity index (χ4n) is 2.14. The smallest absolute Gasteiger partial charge is 0.326 e. The molecule has 136 valence electrons. The Balaban J connectivity index is 1.84. The average Bonchev–Trinajstić information content (AvgIpc) is 2.66. The Hall–Kier alpha value is -3.22. The second-order valence-electron chi connectivity index (χ2n) is 5.41. The molecule has 0 spiro atoms. The summed E-state index contributed by atoms with van der Waals surface area (Å²) in [5, 5.41) is 2.41. The summed E-state index contributed by atoms with van der Waals surface area (Å²) in [6.45, 7) is 1.03. The van der Waals surface area contributed by atoms with Crippen LogP contribution in [0.4, 0.5) is 4.39 Å². The lowest BCUT2D eigenvalue weighted by molar-refractivity contribution is -0.145. The van der Waals surface area contributed by atoms with Crippen molar-refractivity contribution in [2.45, 2.75) is 13.0 Å². The second kappa shape index (κ2) is 8.75. The largest absolute Gasteiger partial charge is 0.497 e. The summed E-state index contributed by atoms with van der Waals surface area (Å²) in [5.41, 5.74) is 0.586. The first-order chi connectivity index (χ1) is 12.4. The first-order valence-corrected chi connectivity index (χ1v) is 7.82. The Morgan fingerprint density at radius 2 is 1.58 bits per heavy atom. The van der Waals surface area contributed by atoms with Crippen molar-refractivity contribution in [1.29, 1.82) is 0 Å². The van der Waals surface area contributed by atoms with Gasteiger partial charge >= 0.3 is 5.97 Å². The van der Waals surface area contributed by atoms with E-state index in [1.165, 1.54) is 26.2 Å². The molecule has 26 heavy (non-hydrogen) atoms. The van der Waals surface area contributed by atoms with Gasteiger partial charge in [0.25, 0.3) is 5.91 Å². The lowest BCUT2D eigenvalue weighted by atomic mass is 10.1. The van der Waals surface area contributed by atoms with Gasteiger partial charge in [0.1, 0.15) is 18.1 Å². The van der Waals surface area contributed by atoms with E-state index >= 15 is 0 Å². The zero-order valence-electron chi connectivity index (χ0n) is 14.3. The molecule has 1 atom stereocenters. The number of carbonyl (C=O) groups excluding carboxylic acids is 3. The predicted octanol–water partition coefficient (Wildman–Crippen LogP) is 2.38. The van der Waals surface area contributed by atoms with Gasteiger partial charge in [-0.2, -0.15) is 0 Å². The van der Waals surface area contributed by atoms with Crippen LogP contribution in [0.2, 0.25) is 0 Å². The van der Waals surface area contributed by atoms with E-state index in [0.717, 1.165) is 12.1 Å². The maximum absolute atomic E-state index is 12.9. The van der Waals surface area contributed by atoms with E-state index in [0.29, 0.717) is 11.3 Å². The molecule has 0 aromatic heterocycles. The van der Waals surface area contributed by atoms with Gasteiger partial charge in [-0.3, -0.25) is 14.4 Å². The Morgan fingerprint density at radius 3 is 2.15 bits per heavy atom. The van der Waals surface area contributed by atoms with Crippen molar-refractivity contribution >= 4 is 17.7 Å². The molecule has 7 heteroatoms. The summed E-state index contributed by atoms with van der Waals surface area (Å²) in [4.78, 5) is 35.9. The van der Waals surface area contributed by atoms with Gasteiger partial charge < -0.3 is 14.8 Å². The molecule has 0 aliphatic rings. The molecule has 0 aliphatic carbocycles. The first-order valence-electron chi connectivity index (χ1n) is 7.82. The van der Waals surface area contributed by atoms with Crippen LogP contribution >= 0.6 is 0 Å². The Labute approximate surface area is 149 Å². The molecule has 0 bridgehead atoms. The highest BCUT2D eigenvalue weighted by Gasteiger charge is 2.20. The summed E-state index contributed by atoms with van der Waals surface area (Å²) in [7, 11) is 1.51. The highest BCUT2D eigenvalue weighted by molar-refractivity contribution is 6.00. The number of rotatable bonds is 7. The van der Waals surface area contributed by atoms with Crippen molar-refractivity contribution in [1.82, 2.24) is 5.32 Å². The van der Waals surface area contributed by atoms with Crippen LogP contribution in [-0.2, 0) is 9.53 Å². The van der Waals surface area contributed by atoms with Crippen LogP contribution in [0.1, 0.15) is 27.6 Å². The summed E-state index contributed by atoms with van der Waals surface area (Å²) in [6.07, 6.45) is -1.05. The number of esters is 1. The number of hydrogen-bond donors (Lipinski definition) is 1. The summed E-state index contributed by atoms with van der Waals surface area (Å²) >= 11 is 0. The van der Waals surface area contributed by atoms with Gasteiger partial charge in [0, 0.05) is 11.1 Å². The van der Waals surface area contributed by atoms with Gasteiger partial charge in [-0.15, -0.1) is 0 Å². The summed E-state index contributed by atoms with van der Waals surface area (Å²) < 4.78 is 22.9. The molecule has 0 radical (unpaired) electrons. The number of methoxy groups -OCH3 is 1. The molecule has 0 fully saturated rings. The van der Waals surface area contributed by atoms with Crippen LogP contribution < -0.4 is 10.1 Å². The molecule has 2 aromatic carbocycles. The molecular formula is C19H18FNO5. The molecule has 2 aromatic rings. The SMILES string of the molecule is COc1ccc(C(=O)NCC(=O)O[C@@H](C)C(=O)c2ccc(F)cc2)cc1. The van der Waals surface area contributed by atoms with Crippen molar-refractivity contribution < 1.29 is 28.2 Å². The van der Waals surface area contributed by atoms with Gasteiger partial charge in [0.2, 0.25) is 5.78 Å². The van der Waals surface area contributed by atoms with Crippen molar-refractivity contribution in [3.8, 4) is 5.75 Å². The summed E-state index contributed by atoms with van der Waals surface area (Å²) in [5.74, 6) is -1.53. The number of benzene rings is 2. The Kier molecular flexibility index (Phi) is 6.43. The molecule has 2 rings (SSSR count). The van der Waals surface area contributed by atoms with Crippen LogP contribution in [0.3, 0.4) is 0 Å². The maximum atomic E-state index is 12.9. The van der Waals surface area contributed by atoms with E-state index < -0.39 is 29.6 Å².